The van der Waals surface area contributed by atoms with E-state index in [2.05, 4.69) is 0 Å². The van der Waals surface area contributed by atoms with Gasteiger partial charge in [-0.2, -0.15) is 13.2 Å². The van der Waals surface area contributed by atoms with Gasteiger partial charge in [0.25, 0.3) is 0 Å². The van der Waals surface area contributed by atoms with Crippen LogP contribution in [0.15, 0.2) is 0 Å². The van der Waals surface area contributed by atoms with Gasteiger partial charge in [-0.05, 0) is 6.42 Å². The highest BCUT2D eigenvalue weighted by molar-refractivity contribution is 5.81. The topological polar surface area (TPSA) is 66.4 Å². The van der Waals surface area contributed by atoms with Gasteiger partial charge in [0.15, 0.2) is 0 Å². The molecule has 4 nitrogen and oxygen atoms in total. The molecule has 0 fully saturated rings. The summed E-state index contributed by atoms with van der Waals surface area (Å²) in [4.78, 5) is 20.8. The number of carboxylic acids is 1. The molecule has 0 heterocycles. The number of nitrogens with one attached hydrogen (secondary N) is 1. The average Bonchev–Trinajstić information content (AvgIpc) is 1.94. The van der Waals surface area contributed by atoms with Crippen LogP contribution in [0.25, 0.3) is 0 Å². The number of carbonyl (C=O) groups is 2. The molecule has 0 aliphatic heterocycles. The van der Waals surface area contributed by atoms with Crippen LogP contribution in [0.1, 0.15) is 19.8 Å². The fourth-order valence-electron chi connectivity index (χ4n) is 0.811. The molecule has 14 heavy (non-hydrogen) atoms. The minimum atomic E-state index is -4.41. The SMILES string of the molecule is CC(=O)NC(CCC(F)(F)F)C(=O)O. The van der Waals surface area contributed by atoms with Crippen LogP contribution in [0.4, 0.5) is 13.2 Å². The Balaban J connectivity index is 4.11. The number of hydrogen-bond donors (Lipinski definition) is 2. The summed E-state index contributed by atoms with van der Waals surface area (Å²) >= 11 is 0. The van der Waals surface area contributed by atoms with Gasteiger partial charge in [-0.15, -0.1) is 0 Å². The van der Waals surface area contributed by atoms with Crippen molar-refractivity contribution >= 4 is 11.9 Å². The van der Waals surface area contributed by atoms with E-state index in [9.17, 15) is 22.8 Å². The molecule has 1 atom stereocenters. The molecule has 0 saturated heterocycles. The lowest BCUT2D eigenvalue weighted by molar-refractivity contribution is -0.148. The van der Waals surface area contributed by atoms with Crippen molar-refractivity contribution in [2.75, 3.05) is 0 Å². The van der Waals surface area contributed by atoms with Crippen LogP contribution in [0.5, 0.6) is 0 Å². The minimum absolute atomic E-state index is 0.654. The number of alkyl halides is 3. The van der Waals surface area contributed by atoms with Gasteiger partial charge in [0.1, 0.15) is 6.04 Å². The van der Waals surface area contributed by atoms with Crippen LogP contribution in [0.2, 0.25) is 0 Å². The molecule has 0 aromatic carbocycles. The summed E-state index contributed by atoms with van der Waals surface area (Å²) < 4.78 is 35.1. The van der Waals surface area contributed by atoms with Crippen molar-refractivity contribution in [3.63, 3.8) is 0 Å². The molecule has 0 radical (unpaired) electrons. The molecule has 1 unspecified atom stereocenters. The lowest BCUT2D eigenvalue weighted by Gasteiger charge is -2.13. The van der Waals surface area contributed by atoms with Crippen LogP contribution >= 0.6 is 0 Å². The van der Waals surface area contributed by atoms with E-state index in [-0.39, 0.29) is 0 Å². The van der Waals surface area contributed by atoms with Gasteiger partial charge in [0.05, 0.1) is 0 Å². The van der Waals surface area contributed by atoms with Crippen molar-refractivity contribution < 1.29 is 27.9 Å². The molecule has 0 aliphatic carbocycles. The summed E-state index contributed by atoms with van der Waals surface area (Å²) in [5, 5.41) is 10.4. The quantitative estimate of drug-likeness (QED) is 0.729. The maximum atomic E-state index is 11.7. The Morgan fingerprint density at radius 2 is 1.93 bits per heavy atom. The predicted molar refractivity (Wildman–Crippen MR) is 40.5 cm³/mol. The first kappa shape index (κ1) is 12.7. The van der Waals surface area contributed by atoms with Crippen molar-refractivity contribution in [1.29, 1.82) is 0 Å². The number of halogens is 3. The van der Waals surface area contributed by atoms with Gasteiger partial charge >= 0.3 is 12.1 Å². The minimum Gasteiger partial charge on any atom is -0.480 e. The lowest BCUT2D eigenvalue weighted by Crippen LogP contribution is -2.40. The Bertz CT molecular complexity index is 227. The number of amides is 1. The summed E-state index contributed by atoms with van der Waals surface area (Å²) in [6, 6.07) is -1.48. The molecule has 2 N–H and O–H groups in total. The number of rotatable bonds is 4. The van der Waals surface area contributed by atoms with Crippen LogP contribution in [-0.2, 0) is 9.59 Å². The Hall–Kier alpha value is -1.27. The molecule has 0 rings (SSSR count). The first-order valence-electron chi connectivity index (χ1n) is 3.79. The number of carbonyl (C=O) groups excluding carboxylic acids is 1. The van der Waals surface area contributed by atoms with Crippen molar-refractivity contribution in [2.45, 2.75) is 32.0 Å². The summed E-state index contributed by atoms with van der Waals surface area (Å²) in [6.07, 6.45) is -6.30. The third-order valence-corrected chi connectivity index (χ3v) is 1.39. The molecule has 0 saturated carbocycles. The molecule has 0 aromatic rings. The van der Waals surface area contributed by atoms with E-state index in [1.807, 2.05) is 5.32 Å². The highest BCUT2D eigenvalue weighted by Gasteiger charge is 2.30. The van der Waals surface area contributed by atoms with Crippen LogP contribution < -0.4 is 5.32 Å². The van der Waals surface area contributed by atoms with E-state index in [4.69, 9.17) is 5.11 Å². The van der Waals surface area contributed by atoms with Gasteiger partial charge in [0, 0.05) is 13.3 Å². The molecular formula is C7H10F3NO3. The highest BCUT2D eigenvalue weighted by atomic mass is 19.4. The maximum Gasteiger partial charge on any atom is 0.389 e. The fourth-order valence-corrected chi connectivity index (χ4v) is 0.811. The lowest BCUT2D eigenvalue weighted by atomic mass is 10.1. The van der Waals surface area contributed by atoms with Crippen LogP contribution in [-0.4, -0.2) is 29.2 Å². The Morgan fingerprint density at radius 1 is 1.43 bits per heavy atom. The van der Waals surface area contributed by atoms with Gasteiger partial charge in [-0.1, -0.05) is 0 Å². The van der Waals surface area contributed by atoms with E-state index >= 15 is 0 Å². The third kappa shape index (κ3) is 6.27. The number of carboxylic acid groups (broad SMARTS) is 1. The van der Waals surface area contributed by atoms with Gasteiger partial charge in [-0.25, -0.2) is 4.79 Å². The third-order valence-electron chi connectivity index (χ3n) is 1.39. The van der Waals surface area contributed by atoms with Gasteiger partial charge in [-0.3, -0.25) is 4.79 Å². The standard InChI is InChI=1S/C7H10F3NO3/c1-4(12)11-5(6(13)14)2-3-7(8,9)10/h5H,2-3H2,1H3,(H,11,12)(H,13,14). The highest BCUT2D eigenvalue weighted by Crippen LogP contribution is 2.22. The fraction of sp³-hybridized carbons (Fsp3) is 0.714. The number of hydrogen-bond acceptors (Lipinski definition) is 2. The second-order valence-corrected chi connectivity index (χ2v) is 2.75. The van der Waals surface area contributed by atoms with Crippen molar-refractivity contribution in [3.05, 3.63) is 0 Å². The van der Waals surface area contributed by atoms with Gasteiger partial charge < -0.3 is 10.4 Å². The first-order valence-corrected chi connectivity index (χ1v) is 3.79. The zero-order valence-corrected chi connectivity index (χ0v) is 7.39. The number of aliphatic carboxylic acids is 1. The molecule has 1 amide bonds. The molecule has 82 valence electrons. The van der Waals surface area contributed by atoms with Gasteiger partial charge in [0.2, 0.25) is 5.91 Å². The molecule has 0 aliphatic rings. The second kappa shape index (κ2) is 4.83. The van der Waals surface area contributed by atoms with Crippen LogP contribution in [0, 0.1) is 0 Å². The summed E-state index contributed by atoms with van der Waals surface area (Å²) in [5.41, 5.74) is 0. The van der Waals surface area contributed by atoms with E-state index in [0.717, 1.165) is 6.92 Å². The zero-order valence-electron chi connectivity index (χ0n) is 7.39. The summed E-state index contributed by atoms with van der Waals surface area (Å²) in [5.74, 6) is -2.14. The Labute approximate surface area is 78.1 Å². The summed E-state index contributed by atoms with van der Waals surface area (Å²) in [6.45, 7) is 1.05. The zero-order chi connectivity index (χ0) is 11.4. The molecule has 7 heteroatoms. The summed E-state index contributed by atoms with van der Waals surface area (Å²) in [7, 11) is 0. The van der Waals surface area contributed by atoms with E-state index in [1.54, 1.807) is 0 Å². The average molecular weight is 213 g/mol. The van der Waals surface area contributed by atoms with E-state index in [0.29, 0.717) is 0 Å². The second-order valence-electron chi connectivity index (χ2n) is 2.75. The first-order chi connectivity index (χ1) is 6.22. The monoisotopic (exact) mass is 213 g/mol. The molecular weight excluding hydrogens is 203 g/mol. The van der Waals surface area contributed by atoms with E-state index < -0.39 is 36.9 Å². The maximum absolute atomic E-state index is 11.7. The Kier molecular flexibility index (Phi) is 4.39. The van der Waals surface area contributed by atoms with Crippen molar-refractivity contribution in [2.24, 2.45) is 0 Å². The molecule has 0 spiro atoms. The van der Waals surface area contributed by atoms with Crippen molar-refractivity contribution in [1.82, 2.24) is 5.32 Å². The van der Waals surface area contributed by atoms with Crippen LogP contribution in [0.3, 0.4) is 0 Å². The predicted octanol–water partition coefficient (Wildman–Crippen LogP) is 0.918. The molecule has 0 bridgehead atoms. The largest absolute Gasteiger partial charge is 0.480 e. The Morgan fingerprint density at radius 3 is 2.21 bits per heavy atom. The van der Waals surface area contributed by atoms with E-state index in [1.165, 1.54) is 0 Å². The normalized spacial score (nSPS) is 13.4. The molecule has 0 aromatic heterocycles. The van der Waals surface area contributed by atoms with Crippen molar-refractivity contribution in [3.8, 4) is 0 Å². The smallest absolute Gasteiger partial charge is 0.389 e.